The summed E-state index contributed by atoms with van der Waals surface area (Å²) < 4.78 is 5.82. The van der Waals surface area contributed by atoms with E-state index in [0.29, 0.717) is 28.0 Å². The topological polar surface area (TPSA) is 41.8 Å². The number of hydrogen-bond donors (Lipinski definition) is 1. The van der Waals surface area contributed by atoms with Gasteiger partial charge in [-0.1, -0.05) is 70.8 Å². The number of fused-ring (bicyclic) bond motifs is 1. The van der Waals surface area contributed by atoms with Crippen LogP contribution in [-0.2, 0) is 6.61 Å². The van der Waals surface area contributed by atoms with Crippen molar-refractivity contribution in [2.24, 2.45) is 5.16 Å². The van der Waals surface area contributed by atoms with Crippen molar-refractivity contribution in [3.05, 3.63) is 75.8 Å². The first-order valence-electron chi connectivity index (χ1n) is 6.95. The van der Waals surface area contributed by atoms with Crippen LogP contribution in [0.1, 0.15) is 11.1 Å². The second kappa shape index (κ2) is 6.90. The summed E-state index contributed by atoms with van der Waals surface area (Å²) in [5, 5.41) is 14.6. The van der Waals surface area contributed by atoms with Crippen molar-refractivity contribution >= 4 is 40.2 Å². The van der Waals surface area contributed by atoms with E-state index in [9.17, 15) is 0 Å². The molecule has 0 bridgehead atoms. The van der Waals surface area contributed by atoms with Gasteiger partial charge in [0.2, 0.25) is 0 Å². The minimum Gasteiger partial charge on any atom is -0.486 e. The lowest BCUT2D eigenvalue weighted by Gasteiger charge is -2.12. The van der Waals surface area contributed by atoms with Crippen LogP contribution in [0.5, 0.6) is 5.75 Å². The summed E-state index contributed by atoms with van der Waals surface area (Å²) in [6.07, 6.45) is 1.26. The highest BCUT2D eigenvalue weighted by Gasteiger charge is 2.10. The Balaban J connectivity index is 1.88. The number of hydrogen-bond acceptors (Lipinski definition) is 3. The highest BCUT2D eigenvalue weighted by atomic mass is 35.5. The Bertz CT molecular complexity index is 850. The fraction of sp³-hybridized carbons (Fsp3) is 0.0556. The minimum atomic E-state index is 0.355. The molecular weight excluding hydrogens is 333 g/mol. The summed E-state index contributed by atoms with van der Waals surface area (Å²) >= 11 is 12.4. The van der Waals surface area contributed by atoms with E-state index in [4.69, 9.17) is 33.1 Å². The van der Waals surface area contributed by atoms with Crippen LogP contribution >= 0.6 is 23.2 Å². The average Bonchev–Trinajstić information content (AvgIpc) is 2.54. The van der Waals surface area contributed by atoms with E-state index in [1.807, 2.05) is 24.3 Å². The molecule has 116 valence electrons. The lowest BCUT2D eigenvalue weighted by molar-refractivity contribution is 0.308. The first-order chi connectivity index (χ1) is 11.2. The summed E-state index contributed by atoms with van der Waals surface area (Å²) in [5.74, 6) is 0.413. The lowest BCUT2D eigenvalue weighted by Crippen LogP contribution is -1.98. The number of halogens is 2. The van der Waals surface area contributed by atoms with Gasteiger partial charge < -0.3 is 9.94 Å². The third-order valence-electron chi connectivity index (χ3n) is 3.48. The molecule has 0 spiro atoms. The van der Waals surface area contributed by atoms with Crippen LogP contribution in [0.25, 0.3) is 10.8 Å². The number of benzene rings is 3. The van der Waals surface area contributed by atoms with E-state index < -0.39 is 0 Å². The second-order valence-electron chi connectivity index (χ2n) is 4.99. The van der Waals surface area contributed by atoms with Crippen molar-refractivity contribution in [1.82, 2.24) is 0 Å². The predicted molar refractivity (Wildman–Crippen MR) is 94.1 cm³/mol. The highest BCUT2D eigenvalue weighted by molar-refractivity contribution is 6.37. The zero-order chi connectivity index (χ0) is 16.2. The van der Waals surface area contributed by atoms with Gasteiger partial charge in [-0.25, -0.2) is 0 Å². The third-order valence-corrected chi connectivity index (χ3v) is 4.04. The molecule has 3 aromatic carbocycles. The molecule has 0 aromatic heterocycles. The van der Waals surface area contributed by atoms with Crippen molar-refractivity contribution < 1.29 is 9.94 Å². The molecule has 0 aliphatic rings. The zero-order valence-electron chi connectivity index (χ0n) is 12.0. The molecule has 5 heteroatoms. The molecule has 0 fully saturated rings. The molecule has 1 N–H and O–H groups in total. The van der Waals surface area contributed by atoms with Crippen LogP contribution in [0.2, 0.25) is 10.0 Å². The minimum absolute atomic E-state index is 0.355. The lowest BCUT2D eigenvalue weighted by atomic mass is 10.1. The van der Waals surface area contributed by atoms with E-state index in [0.717, 1.165) is 16.3 Å². The van der Waals surface area contributed by atoms with Crippen molar-refractivity contribution in [2.75, 3.05) is 0 Å². The third kappa shape index (κ3) is 3.41. The summed E-state index contributed by atoms with van der Waals surface area (Å²) in [4.78, 5) is 0. The van der Waals surface area contributed by atoms with Crippen molar-refractivity contribution in [3.63, 3.8) is 0 Å². The van der Waals surface area contributed by atoms with E-state index in [2.05, 4.69) is 23.4 Å². The van der Waals surface area contributed by atoms with Gasteiger partial charge in [0.25, 0.3) is 0 Å². The molecule has 0 heterocycles. The van der Waals surface area contributed by atoms with Gasteiger partial charge in [0.05, 0.1) is 16.3 Å². The number of rotatable bonds is 4. The van der Waals surface area contributed by atoms with Gasteiger partial charge >= 0.3 is 0 Å². The van der Waals surface area contributed by atoms with E-state index in [1.165, 1.54) is 6.21 Å². The van der Waals surface area contributed by atoms with Crippen LogP contribution in [0.15, 0.2) is 59.8 Å². The first kappa shape index (κ1) is 15.7. The Labute approximate surface area is 143 Å². The fourth-order valence-electron chi connectivity index (χ4n) is 2.43. The van der Waals surface area contributed by atoms with Gasteiger partial charge in [0.1, 0.15) is 6.61 Å². The maximum absolute atomic E-state index is 8.58. The van der Waals surface area contributed by atoms with Gasteiger partial charge in [-0.05, 0) is 34.0 Å². The number of nitrogens with zero attached hydrogens (tertiary/aromatic N) is 1. The largest absolute Gasteiger partial charge is 0.486 e. The maximum Gasteiger partial charge on any atom is 0.157 e. The zero-order valence-corrected chi connectivity index (χ0v) is 13.6. The number of oxime groups is 1. The molecule has 23 heavy (non-hydrogen) atoms. The van der Waals surface area contributed by atoms with Gasteiger partial charge in [-0.3, -0.25) is 0 Å². The summed E-state index contributed by atoms with van der Waals surface area (Å²) in [7, 11) is 0. The SMILES string of the molecule is O/N=C/c1cc(Cl)c(OCc2cccc3ccccc23)c(Cl)c1. The van der Waals surface area contributed by atoms with Crippen molar-refractivity contribution in [2.45, 2.75) is 6.61 Å². The standard InChI is InChI=1S/C18H13Cl2NO2/c19-16-8-12(10-21-22)9-17(20)18(16)23-11-14-6-3-5-13-4-1-2-7-15(13)14/h1-10,22H,11H2/b21-10+. The summed E-state index contributed by atoms with van der Waals surface area (Å²) in [6, 6.07) is 17.4. The second-order valence-corrected chi connectivity index (χ2v) is 5.80. The van der Waals surface area contributed by atoms with Crippen molar-refractivity contribution in [1.29, 1.82) is 0 Å². The molecule has 0 radical (unpaired) electrons. The first-order valence-corrected chi connectivity index (χ1v) is 7.70. The summed E-state index contributed by atoms with van der Waals surface area (Å²) in [5.41, 5.74) is 1.65. The molecule has 0 amide bonds. The Morgan fingerprint density at radius 2 is 1.70 bits per heavy atom. The van der Waals surface area contributed by atoms with Gasteiger partial charge in [-0.15, -0.1) is 0 Å². The normalized spacial score (nSPS) is 11.2. The van der Waals surface area contributed by atoms with Gasteiger partial charge in [0.15, 0.2) is 5.75 Å². The Hall–Kier alpha value is -2.23. The molecule has 0 saturated heterocycles. The molecule has 0 aliphatic carbocycles. The Morgan fingerprint density at radius 3 is 2.43 bits per heavy atom. The van der Waals surface area contributed by atoms with Crippen LogP contribution < -0.4 is 4.74 Å². The van der Waals surface area contributed by atoms with Crippen LogP contribution in [0.4, 0.5) is 0 Å². The molecule has 0 aliphatic heterocycles. The summed E-state index contributed by atoms with van der Waals surface area (Å²) in [6.45, 7) is 0.355. The molecule has 3 aromatic rings. The van der Waals surface area contributed by atoms with E-state index >= 15 is 0 Å². The Kier molecular flexibility index (Phi) is 4.70. The molecule has 3 rings (SSSR count). The van der Waals surface area contributed by atoms with Gasteiger partial charge in [-0.2, -0.15) is 0 Å². The van der Waals surface area contributed by atoms with Crippen molar-refractivity contribution in [3.8, 4) is 5.75 Å². The van der Waals surface area contributed by atoms with Crippen LogP contribution in [0.3, 0.4) is 0 Å². The van der Waals surface area contributed by atoms with E-state index in [1.54, 1.807) is 12.1 Å². The maximum atomic E-state index is 8.58. The average molecular weight is 346 g/mol. The molecular formula is C18H13Cl2NO2. The van der Waals surface area contributed by atoms with E-state index in [-0.39, 0.29) is 0 Å². The fourth-order valence-corrected chi connectivity index (χ4v) is 3.04. The monoisotopic (exact) mass is 345 g/mol. The van der Waals surface area contributed by atoms with Gasteiger partial charge in [0, 0.05) is 0 Å². The van der Waals surface area contributed by atoms with Crippen LogP contribution in [-0.4, -0.2) is 11.4 Å². The predicted octanol–water partition coefficient (Wildman–Crippen LogP) is 5.53. The Morgan fingerprint density at radius 1 is 1.00 bits per heavy atom. The molecule has 0 unspecified atom stereocenters. The molecule has 0 atom stereocenters. The number of ether oxygens (including phenoxy) is 1. The quantitative estimate of drug-likeness (QED) is 0.383. The highest BCUT2D eigenvalue weighted by Crippen LogP contribution is 2.34. The molecule has 3 nitrogen and oxygen atoms in total. The smallest absolute Gasteiger partial charge is 0.157 e. The van der Waals surface area contributed by atoms with Crippen LogP contribution in [0, 0.1) is 0 Å². The molecule has 0 saturated carbocycles.